The third-order valence-electron chi connectivity index (χ3n) is 7.14. The van der Waals surface area contributed by atoms with Crippen LogP contribution in [0.2, 0.25) is 0 Å². The molecule has 0 bridgehead atoms. The number of halogens is 1. The first-order valence-electron chi connectivity index (χ1n) is 11.5. The van der Waals surface area contributed by atoms with E-state index in [9.17, 15) is 0 Å². The molecule has 0 aliphatic heterocycles. The monoisotopic (exact) mass is 437 g/mol. The minimum absolute atomic E-state index is 0.110. The number of benzene rings is 5. The maximum atomic E-state index is 15.1. The van der Waals surface area contributed by atoms with E-state index in [1.807, 2.05) is 12.1 Å². The van der Waals surface area contributed by atoms with Gasteiger partial charge in [0.2, 0.25) is 0 Å². The summed E-state index contributed by atoms with van der Waals surface area (Å²) in [6.45, 7) is 0. The Morgan fingerprint density at radius 1 is 0.529 bits per heavy atom. The van der Waals surface area contributed by atoms with E-state index in [1.165, 1.54) is 34.0 Å². The molecule has 0 spiro atoms. The molecule has 0 atom stereocenters. The van der Waals surface area contributed by atoms with E-state index < -0.39 is 0 Å². The van der Waals surface area contributed by atoms with Gasteiger partial charge in [0, 0.05) is 23.2 Å². The Morgan fingerprint density at radius 3 is 1.59 bits per heavy atom. The topological polar surface area (TPSA) is 12.9 Å². The van der Waals surface area contributed by atoms with E-state index in [2.05, 4.69) is 89.9 Å². The van der Waals surface area contributed by atoms with Gasteiger partial charge in [0.15, 0.2) is 0 Å². The first kappa shape index (κ1) is 19.2. The van der Waals surface area contributed by atoms with Crippen molar-refractivity contribution in [3.63, 3.8) is 0 Å². The van der Waals surface area contributed by atoms with Crippen molar-refractivity contribution in [2.45, 2.75) is 5.92 Å². The highest BCUT2D eigenvalue weighted by Gasteiger charge is 2.32. The Morgan fingerprint density at radius 2 is 1.03 bits per heavy atom. The molecule has 5 aromatic carbocycles. The molecule has 34 heavy (non-hydrogen) atoms. The fourth-order valence-corrected chi connectivity index (χ4v) is 5.81. The van der Waals surface area contributed by atoms with E-state index >= 15 is 4.39 Å². The second kappa shape index (κ2) is 7.36. The van der Waals surface area contributed by atoms with Crippen molar-refractivity contribution >= 4 is 21.5 Å². The molecule has 160 valence electrons. The predicted octanol–water partition coefficient (Wildman–Crippen LogP) is 8.35. The van der Waals surface area contributed by atoms with Gasteiger partial charge in [-0.1, -0.05) is 97.1 Å². The van der Waals surface area contributed by atoms with E-state index in [1.54, 1.807) is 12.3 Å². The highest BCUT2D eigenvalue weighted by molar-refractivity contribution is 6.16. The Hall–Kier alpha value is -4.30. The zero-order valence-electron chi connectivity index (χ0n) is 18.4. The standard InChI is InChI=1S/C32H20FN/c33-29-19-34-18-17-28(29)30-24-13-5-7-15-26(24)32(27-16-8-6-14-25(27)30)31-22-11-3-1-9-20(22)21-10-2-4-12-23(21)31/h1-19,31H. The van der Waals surface area contributed by atoms with Crippen molar-refractivity contribution in [1.82, 2.24) is 4.98 Å². The van der Waals surface area contributed by atoms with Crippen molar-refractivity contribution in [1.29, 1.82) is 0 Å². The van der Waals surface area contributed by atoms with Crippen LogP contribution in [0.3, 0.4) is 0 Å². The van der Waals surface area contributed by atoms with Gasteiger partial charge in [-0.25, -0.2) is 4.39 Å². The van der Waals surface area contributed by atoms with Gasteiger partial charge in [-0.05, 0) is 55.4 Å². The zero-order chi connectivity index (χ0) is 22.6. The van der Waals surface area contributed by atoms with Gasteiger partial charge in [-0.2, -0.15) is 0 Å². The molecule has 0 amide bonds. The van der Waals surface area contributed by atoms with Crippen LogP contribution in [0.5, 0.6) is 0 Å². The molecule has 0 radical (unpaired) electrons. The average Bonchev–Trinajstić information content (AvgIpc) is 3.22. The second-order valence-electron chi connectivity index (χ2n) is 8.84. The summed E-state index contributed by atoms with van der Waals surface area (Å²) in [5, 5.41) is 4.43. The molecule has 6 aromatic rings. The number of nitrogens with zero attached hydrogens (tertiary/aromatic N) is 1. The van der Waals surface area contributed by atoms with Crippen LogP contribution in [0.4, 0.5) is 4.39 Å². The van der Waals surface area contributed by atoms with Crippen LogP contribution in [0, 0.1) is 5.82 Å². The van der Waals surface area contributed by atoms with Crippen LogP contribution in [-0.4, -0.2) is 4.98 Å². The van der Waals surface area contributed by atoms with Crippen LogP contribution >= 0.6 is 0 Å². The van der Waals surface area contributed by atoms with E-state index in [4.69, 9.17) is 0 Å². The lowest BCUT2D eigenvalue weighted by atomic mass is 9.80. The smallest absolute Gasteiger partial charge is 0.149 e. The van der Waals surface area contributed by atoms with Gasteiger partial charge in [0.05, 0.1) is 6.20 Å². The summed E-state index contributed by atoms with van der Waals surface area (Å²) in [6.07, 6.45) is 2.97. The summed E-state index contributed by atoms with van der Waals surface area (Å²) in [5.74, 6) is -0.194. The number of rotatable bonds is 2. The SMILES string of the molecule is Fc1cnccc1-c1c2ccccc2c(C2c3ccccc3-c3ccccc32)c2ccccc12. The molecular formula is C32H20FN. The Labute approximate surface area is 197 Å². The third-order valence-corrected chi connectivity index (χ3v) is 7.14. The lowest BCUT2D eigenvalue weighted by molar-refractivity contribution is 0.625. The number of hydrogen-bond donors (Lipinski definition) is 0. The normalized spacial score (nSPS) is 12.7. The molecule has 0 saturated carbocycles. The zero-order valence-corrected chi connectivity index (χ0v) is 18.4. The van der Waals surface area contributed by atoms with Gasteiger partial charge >= 0.3 is 0 Å². The maximum Gasteiger partial charge on any atom is 0.149 e. The van der Waals surface area contributed by atoms with E-state index in [0.717, 1.165) is 27.1 Å². The van der Waals surface area contributed by atoms with Crippen LogP contribution in [-0.2, 0) is 0 Å². The third kappa shape index (κ3) is 2.63. The molecule has 2 heteroatoms. The number of fused-ring (bicyclic) bond motifs is 5. The van der Waals surface area contributed by atoms with Crippen LogP contribution in [0.25, 0.3) is 43.8 Å². The summed E-state index contributed by atoms with van der Waals surface area (Å²) in [5.41, 5.74) is 8.02. The number of pyridine rings is 1. The summed E-state index contributed by atoms with van der Waals surface area (Å²) in [7, 11) is 0. The molecule has 0 saturated heterocycles. The first-order chi connectivity index (χ1) is 16.8. The van der Waals surface area contributed by atoms with Crippen molar-refractivity contribution in [2.75, 3.05) is 0 Å². The van der Waals surface area contributed by atoms with Crippen molar-refractivity contribution in [3.05, 3.63) is 138 Å². The highest BCUT2D eigenvalue weighted by atomic mass is 19.1. The van der Waals surface area contributed by atoms with Gasteiger partial charge in [0.25, 0.3) is 0 Å². The Balaban J connectivity index is 1.67. The first-order valence-corrected chi connectivity index (χ1v) is 11.5. The number of hydrogen-bond acceptors (Lipinski definition) is 1. The van der Waals surface area contributed by atoms with Gasteiger partial charge in [-0.15, -0.1) is 0 Å². The Bertz CT molecular complexity index is 1630. The molecule has 1 aliphatic rings. The minimum atomic E-state index is -0.304. The average molecular weight is 438 g/mol. The molecule has 1 aromatic heterocycles. The minimum Gasteiger partial charge on any atom is -0.262 e. The molecule has 1 aliphatic carbocycles. The van der Waals surface area contributed by atoms with Crippen LogP contribution in [0.1, 0.15) is 22.6 Å². The quantitative estimate of drug-likeness (QED) is 0.248. The fraction of sp³-hybridized carbons (Fsp3) is 0.0312. The molecule has 1 nitrogen and oxygen atoms in total. The maximum absolute atomic E-state index is 15.1. The lowest BCUT2D eigenvalue weighted by Crippen LogP contribution is -2.03. The molecule has 1 heterocycles. The van der Waals surface area contributed by atoms with Crippen LogP contribution in [0.15, 0.2) is 116 Å². The molecule has 0 unspecified atom stereocenters. The van der Waals surface area contributed by atoms with Gasteiger partial charge in [0.1, 0.15) is 5.82 Å². The highest BCUT2D eigenvalue weighted by Crippen LogP contribution is 2.52. The number of aromatic nitrogens is 1. The second-order valence-corrected chi connectivity index (χ2v) is 8.84. The fourth-order valence-electron chi connectivity index (χ4n) is 5.81. The van der Waals surface area contributed by atoms with Gasteiger partial charge in [-0.3, -0.25) is 4.98 Å². The summed E-state index contributed by atoms with van der Waals surface area (Å²) in [4.78, 5) is 3.99. The Kier molecular flexibility index (Phi) is 4.16. The lowest BCUT2D eigenvalue weighted by Gasteiger charge is -2.22. The molecular weight excluding hydrogens is 417 g/mol. The molecule has 0 fully saturated rings. The van der Waals surface area contributed by atoms with Crippen LogP contribution < -0.4 is 0 Å². The molecule has 7 rings (SSSR count). The molecule has 0 N–H and O–H groups in total. The van der Waals surface area contributed by atoms with Gasteiger partial charge < -0.3 is 0 Å². The van der Waals surface area contributed by atoms with Crippen molar-refractivity contribution in [3.8, 4) is 22.3 Å². The largest absolute Gasteiger partial charge is 0.262 e. The van der Waals surface area contributed by atoms with Crippen molar-refractivity contribution < 1.29 is 4.39 Å². The summed E-state index contributed by atoms with van der Waals surface area (Å²) < 4.78 is 15.1. The van der Waals surface area contributed by atoms with E-state index in [0.29, 0.717) is 5.56 Å². The van der Waals surface area contributed by atoms with Crippen molar-refractivity contribution in [2.24, 2.45) is 0 Å². The van der Waals surface area contributed by atoms with E-state index in [-0.39, 0.29) is 11.7 Å². The predicted molar refractivity (Wildman–Crippen MR) is 137 cm³/mol. The summed E-state index contributed by atoms with van der Waals surface area (Å²) >= 11 is 0. The summed E-state index contributed by atoms with van der Waals surface area (Å²) in [6, 6.07) is 36.1.